The van der Waals surface area contributed by atoms with Gasteiger partial charge in [0.1, 0.15) is 12.7 Å². The van der Waals surface area contributed by atoms with Crippen molar-refractivity contribution in [2.24, 2.45) is 0 Å². The number of aromatic nitrogens is 1. The van der Waals surface area contributed by atoms with Crippen molar-refractivity contribution in [1.29, 1.82) is 5.26 Å². The van der Waals surface area contributed by atoms with Crippen LogP contribution in [0.5, 0.6) is 5.75 Å². The maximum atomic E-state index is 12.4. The lowest BCUT2D eigenvalue weighted by Crippen LogP contribution is -2.52. The number of rotatable bonds is 8. The van der Waals surface area contributed by atoms with Gasteiger partial charge < -0.3 is 14.2 Å². The van der Waals surface area contributed by atoms with Crippen molar-refractivity contribution in [2.45, 2.75) is 6.42 Å². The molecule has 0 atom stereocenters. The first-order valence-electron chi connectivity index (χ1n) is 11.0. The minimum atomic E-state index is -3.36. The summed E-state index contributed by atoms with van der Waals surface area (Å²) >= 11 is 12.1. The van der Waals surface area contributed by atoms with Crippen LogP contribution in [0.1, 0.15) is 11.1 Å². The highest BCUT2D eigenvalue weighted by Gasteiger charge is 2.28. The smallest absolute Gasteiger partial charge is 0.237 e. The van der Waals surface area contributed by atoms with Gasteiger partial charge in [0.05, 0.1) is 34.8 Å². The lowest BCUT2D eigenvalue weighted by Gasteiger charge is -2.32. The summed E-state index contributed by atoms with van der Waals surface area (Å²) < 4.78 is 32.1. The van der Waals surface area contributed by atoms with Crippen molar-refractivity contribution in [3.8, 4) is 17.5 Å². The first kappa shape index (κ1) is 25.3. The molecule has 1 aromatic heterocycles. The highest BCUT2D eigenvalue weighted by molar-refractivity contribution is 7.88. The van der Waals surface area contributed by atoms with Crippen LogP contribution in [0, 0.1) is 11.3 Å². The average Bonchev–Trinajstić information content (AvgIpc) is 3.24. The highest BCUT2D eigenvalue weighted by Crippen LogP contribution is 2.33. The molecule has 4 rings (SSSR count). The average molecular weight is 535 g/mol. The zero-order valence-electron chi connectivity index (χ0n) is 19.1. The molecule has 1 amide bonds. The number of sulfonamides is 1. The van der Waals surface area contributed by atoms with Gasteiger partial charge in [0, 0.05) is 36.9 Å². The van der Waals surface area contributed by atoms with Gasteiger partial charge in [-0.1, -0.05) is 17.7 Å². The van der Waals surface area contributed by atoms with Gasteiger partial charge in [-0.15, -0.1) is 11.6 Å². The maximum Gasteiger partial charge on any atom is 0.237 e. The van der Waals surface area contributed by atoms with E-state index < -0.39 is 10.0 Å². The quantitative estimate of drug-likeness (QED) is 0.412. The number of ether oxygens (including phenoxy) is 1. The van der Waals surface area contributed by atoms with Gasteiger partial charge >= 0.3 is 0 Å². The number of halogens is 2. The lowest BCUT2D eigenvalue weighted by molar-refractivity contribution is -0.134. The summed E-state index contributed by atoms with van der Waals surface area (Å²) in [6.07, 6.45) is 3.69. The van der Waals surface area contributed by atoms with Gasteiger partial charge in [-0.2, -0.15) is 9.57 Å². The Kier molecular flexibility index (Phi) is 7.57. The summed E-state index contributed by atoms with van der Waals surface area (Å²) in [5.74, 6) is 0.431. The predicted octanol–water partition coefficient (Wildman–Crippen LogP) is 3.42. The number of nitrogens with zero attached hydrogens (tertiary/aromatic N) is 4. The van der Waals surface area contributed by atoms with E-state index in [4.69, 9.17) is 27.9 Å². The van der Waals surface area contributed by atoms with Crippen LogP contribution in [0.25, 0.3) is 16.6 Å². The molecule has 1 aliphatic heterocycles. The maximum absolute atomic E-state index is 12.4. The minimum absolute atomic E-state index is 0.107. The van der Waals surface area contributed by atoms with Crippen LogP contribution < -0.4 is 4.74 Å². The normalized spacial score (nSPS) is 14.9. The molecule has 2 heterocycles. The third-order valence-electron chi connectivity index (χ3n) is 5.93. The SMILES string of the molecule is CS(=O)(=O)N1CCN(CCc2ccc3c(ccn3-c3cc(Cl)c(OCCCl)c(C#N)c3)c2)C(=O)C1. The van der Waals surface area contributed by atoms with Crippen LogP contribution in [0.15, 0.2) is 42.6 Å². The van der Waals surface area contributed by atoms with Crippen molar-refractivity contribution in [3.05, 3.63) is 58.7 Å². The number of piperazine rings is 1. The Morgan fingerprint density at radius 3 is 2.66 bits per heavy atom. The number of benzene rings is 2. The molecule has 11 heteroatoms. The number of nitriles is 1. The van der Waals surface area contributed by atoms with E-state index in [1.165, 1.54) is 4.31 Å². The number of carbonyl (C=O) groups is 1. The summed E-state index contributed by atoms with van der Waals surface area (Å²) in [6, 6.07) is 13.6. The Morgan fingerprint density at radius 1 is 1.17 bits per heavy atom. The van der Waals surface area contributed by atoms with Crippen LogP contribution in [0.2, 0.25) is 5.02 Å². The monoisotopic (exact) mass is 534 g/mol. The molecule has 1 fully saturated rings. The number of amides is 1. The molecule has 1 aliphatic rings. The van der Waals surface area contributed by atoms with Crippen LogP contribution in [0.4, 0.5) is 0 Å². The summed E-state index contributed by atoms with van der Waals surface area (Å²) in [6.45, 7) is 1.37. The molecule has 0 bridgehead atoms. The first-order valence-corrected chi connectivity index (χ1v) is 13.7. The zero-order valence-corrected chi connectivity index (χ0v) is 21.4. The molecule has 0 unspecified atom stereocenters. The third-order valence-corrected chi connectivity index (χ3v) is 7.61. The second-order valence-corrected chi connectivity index (χ2v) is 11.0. The van der Waals surface area contributed by atoms with Gasteiger partial charge in [0.2, 0.25) is 15.9 Å². The van der Waals surface area contributed by atoms with Crippen molar-refractivity contribution < 1.29 is 17.9 Å². The largest absolute Gasteiger partial charge is 0.489 e. The standard InChI is InChI=1S/C24H24Cl2N4O4S/c1-35(32,33)29-10-9-28(23(31)16-29)7-4-17-2-3-22-18(12-17)5-8-30(22)20-13-19(15-27)24(21(26)14-20)34-11-6-25/h2-3,5,8,12-14H,4,6-7,9-11,16H2,1H3. The van der Waals surface area contributed by atoms with E-state index in [9.17, 15) is 18.5 Å². The second-order valence-electron chi connectivity index (χ2n) is 8.26. The second kappa shape index (κ2) is 10.5. The van der Waals surface area contributed by atoms with E-state index in [0.29, 0.717) is 48.3 Å². The molecule has 1 saturated heterocycles. The van der Waals surface area contributed by atoms with Gasteiger partial charge in [0.25, 0.3) is 0 Å². The van der Waals surface area contributed by atoms with Gasteiger partial charge in [0.15, 0.2) is 5.75 Å². The predicted molar refractivity (Wildman–Crippen MR) is 136 cm³/mol. The third kappa shape index (κ3) is 5.57. The number of hydrogen-bond donors (Lipinski definition) is 0. The van der Waals surface area contributed by atoms with Crippen molar-refractivity contribution >= 4 is 50.0 Å². The highest BCUT2D eigenvalue weighted by atomic mass is 35.5. The Bertz CT molecular complexity index is 1410. The van der Waals surface area contributed by atoms with Crippen molar-refractivity contribution in [2.75, 3.05) is 44.9 Å². The minimum Gasteiger partial charge on any atom is -0.489 e. The van der Waals surface area contributed by atoms with Crippen molar-refractivity contribution in [1.82, 2.24) is 13.8 Å². The number of carbonyl (C=O) groups excluding carboxylic acids is 1. The number of hydrogen-bond acceptors (Lipinski definition) is 5. The molecule has 2 aromatic carbocycles. The Morgan fingerprint density at radius 2 is 1.97 bits per heavy atom. The Balaban J connectivity index is 1.50. The Hall–Kier alpha value is -2.77. The van der Waals surface area contributed by atoms with E-state index in [0.717, 1.165) is 28.4 Å². The first-order chi connectivity index (χ1) is 16.7. The summed E-state index contributed by atoms with van der Waals surface area (Å²) in [4.78, 5) is 14.1. The molecule has 35 heavy (non-hydrogen) atoms. The van der Waals surface area contributed by atoms with Gasteiger partial charge in [-0.05, 0) is 42.3 Å². The molecule has 0 N–H and O–H groups in total. The fraction of sp³-hybridized carbons (Fsp3) is 0.333. The topological polar surface area (TPSA) is 95.6 Å². The van der Waals surface area contributed by atoms with Crippen LogP contribution >= 0.6 is 23.2 Å². The molecule has 0 spiro atoms. The molecule has 184 valence electrons. The van der Waals surface area contributed by atoms with E-state index >= 15 is 0 Å². The molecular weight excluding hydrogens is 511 g/mol. The summed E-state index contributed by atoms with van der Waals surface area (Å²) in [5.41, 5.74) is 3.08. The van der Waals surface area contributed by atoms with Crippen molar-refractivity contribution in [3.63, 3.8) is 0 Å². The molecule has 3 aromatic rings. The number of fused-ring (bicyclic) bond motifs is 1. The fourth-order valence-electron chi connectivity index (χ4n) is 4.13. The summed E-state index contributed by atoms with van der Waals surface area (Å²) in [7, 11) is -3.36. The molecular formula is C24H24Cl2N4O4S. The van der Waals surface area contributed by atoms with Gasteiger partial charge in [-0.25, -0.2) is 8.42 Å². The summed E-state index contributed by atoms with van der Waals surface area (Å²) in [5, 5.41) is 10.9. The van der Waals surface area contributed by atoms with E-state index in [1.54, 1.807) is 17.0 Å². The van der Waals surface area contributed by atoms with Crippen LogP contribution in [0.3, 0.4) is 0 Å². The lowest BCUT2D eigenvalue weighted by atomic mass is 10.1. The zero-order chi connectivity index (χ0) is 25.2. The van der Waals surface area contributed by atoms with Crippen LogP contribution in [-0.4, -0.2) is 73.0 Å². The Labute approximate surface area is 214 Å². The van der Waals surface area contributed by atoms with E-state index in [2.05, 4.69) is 12.1 Å². The van der Waals surface area contributed by atoms with Crippen LogP contribution in [-0.2, 0) is 21.2 Å². The van der Waals surface area contributed by atoms with E-state index in [1.807, 2.05) is 29.0 Å². The molecule has 0 aliphatic carbocycles. The molecule has 0 saturated carbocycles. The van der Waals surface area contributed by atoms with Gasteiger partial charge in [-0.3, -0.25) is 4.79 Å². The molecule has 8 nitrogen and oxygen atoms in total. The number of alkyl halides is 1. The fourth-order valence-corrected chi connectivity index (χ4v) is 5.24. The molecule has 0 radical (unpaired) electrons. The van der Waals surface area contributed by atoms with E-state index in [-0.39, 0.29) is 19.1 Å².